The molecule has 3 aromatic rings. The van der Waals surface area contributed by atoms with Crippen LogP contribution in [0, 0.1) is 0 Å². The Hall–Kier alpha value is -3.52. The van der Waals surface area contributed by atoms with Gasteiger partial charge in [-0.05, 0) is 43.2 Å². The second-order valence-electron chi connectivity index (χ2n) is 8.00. The Morgan fingerprint density at radius 2 is 1.91 bits per heavy atom. The van der Waals surface area contributed by atoms with E-state index in [1.54, 1.807) is 49.5 Å². The van der Waals surface area contributed by atoms with Crippen molar-refractivity contribution in [2.75, 3.05) is 30.5 Å². The summed E-state index contributed by atoms with van der Waals surface area (Å²) < 4.78 is 13.1. The highest BCUT2D eigenvalue weighted by atomic mass is 35.5. The van der Waals surface area contributed by atoms with Crippen LogP contribution in [0.15, 0.2) is 42.5 Å². The zero-order valence-corrected chi connectivity index (χ0v) is 18.9. The van der Waals surface area contributed by atoms with Crippen LogP contribution in [0.4, 0.5) is 11.5 Å². The van der Waals surface area contributed by atoms with Crippen molar-refractivity contribution in [1.29, 1.82) is 0 Å². The highest BCUT2D eigenvalue weighted by Crippen LogP contribution is 2.33. The molecule has 3 heterocycles. The third kappa shape index (κ3) is 4.14. The average Bonchev–Trinajstić information content (AvgIpc) is 3.23. The lowest BCUT2D eigenvalue weighted by Gasteiger charge is -2.20. The number of rotatable bonds is 4. The molecule has 2 amide bonds. The predicted molar refractivity (Wildman–Crippen MR) is 125 cm³/mol. The second-order valence-corrected chi connectivity index (χ2v) is 8.43. The van der Waals surface area contributed by atoms with E-state index in [1.165, 1.54) is 4.90 Å². The van der Waals surface area contributed by atoms with Gasteiger partial charge in [-0.25, -0.2) is 4.98 Å². The fourth-order valence-electron chi connectivity index (χ4n) is 4.15. The van der Waals surface area contributed by atoms with E-state index >= 15 is 0 Å². The van der Waals surface area contributed by atoms with E-state index in [-0.39, 0.29) is 11.8 Å². The molecular formula is C24H23ClN4O4. The molecule has 0 fully saturated rings. The number of aromatic nitrogens is 2. The summed E-state index contributed by atoms with van der Waals surface area (Å²) in [7, 11) is 1.62. The van der Waals surface area contributed by atoms with Crippen molar-refractivity contribution in [1.82, 2.24) is 9.55 Å². The van der Waals surface area contributed by atoms with Gasteiger partial charge in [-0.2, -0.15) is 0 Å². The van der Waals surface area contributed by atoms with Crippen molar-refractivity contribution >= 4 is 34.9 Å². The van der Waals surface area contributed by atoms with Crippen molar-refractivity contribution in [3.63, 3.8) is 0 Å². The van der Waals surface area contributed by atoms with Gasteiger partial charge in [0.25, 0.3) is 11.8 Å². The standard InChI is InChI=1S/C24H23ClN4O4/c1-28(24(31)15-5-4-6-16(25)13-15)22-21(29-10-3-2-7-20(29)27-22)23(30)26-17-8-9-18-19(14-17)33-12-11-32-18/h4-6,8-9,13-14H,2-3,7,10-12H2,1H3,(H,26,30). The van der Waals surface area contributed by atoms with Gasteiger partial charge in [-0.15, -0.1) is 0 Å². The summed E-state index contributed by atoms with van der Waals surface area (Å²) in [5.41, 5.74) is 1.36. The third-order valence-electron chi connectivity index (χ3n) is 5.77. The first kappa shape index (κ1) is 21.3. The topological polar surface area (TPSA) is 85.7 Å². The largest absolute Gasteiger partial charge is 0.486 e. The number of hydrogen-bond donors (Lipinski definition) is 1. The quantitative estimate of drug-likeness (QED) is 0.623. The van der Waals surface area contributed by atoms with Crippen molar-refractivity contribution in [3.8, 4) is 11.5 Å². The number of benzene rings is 2. The first-order valence-corrected chi connectivity index (χ1v) is 11.2. The molecule has 0 radical (unpaired) electrons. The molecule has 33 heavy (non-hydrogen) atoms. The van der Waals surface area contributed by atoms with E-state index in [2.05, 4.69) is 10.3 Å². The summed E-state index contributed by atoms with van der Waals surface area (Å²) in [4.78, 5) is 32.7. The smallest absolute Gasteiger partial charge is 0.276 e. The number of nitrogens with one attached hydrogen (secondary N) is 1. The summed E-state index contributed by atoms with van der Waals surface area (Å²) >= 11 is 6.07. The summed E-state index contributed by atoms with van der Waals surface area (Å²) in [6, 6.07) is 12.0. The lowest BCUT2D eigenvalue weighted by Crippen LogP contribution is -2.30. The van der Waals surface area contributed by atoms with E-state index in [0.29, 0.717) is 59.0 Å². The predicted octanol–water partition coefficient (Wildman–Crippen LogP) is 4.17. The van der Waals surface area contributed by atoms with Crippen LogP contribution in [0.25, 0.3) is 0 Å². The molecule has 2 aromatic carbocycles. The molecule has 1 aromatic heterocycles. The van der Waals surface area contributed by atoms with Gasteiger partial charge in [-0.1, -0.05) is 17.7 Å². The molecule has 2 aliphatic rings. The number of carbonyl (C=O) groups excluding carboxylic acids is 2. The van der Waals surface area contributed by atoms with E-state index in [1.807, 2.05) is 4.57 Å². The Bertz CT molecular complexity index is 1240. The minimum atomic E-state index is -0.340. The molecule has 0 atom stereocenters. The van der Waals surface area contributed by atoms with Gasteiger partial charge in [0.1, 0.15) is 19.0 Å². The first-order chi connectivity index (χ1) is 16.0. The molecule has 0 saturated heterocycles. The van der Waals surface area contributed by atoms with Crippen LogP contribution in [-0.4, -0.2) is 41.6 Å². The van der Waals surface area contributed by atoms with Gasteiger partial charge in [0.05, 0.1) is 0 Å². The number of imidazole rings is 1. The molecule has 0 aliphatic carbocycles. The second kappa shape index (κ2) is 8.78. The number of ether oxygens (including phenoxy) is 2. The van der Waals surface area contributed by atoms with Crippen LogP contribution in [0.5, 0.6) is 11.5 Å². The average molecular weight is 467 g/mol. The lowest BCUT2D eigenvalue weighted by atomic mass is 10.1. The van der Waals surface area contributed by atoms with Crippen LogP contribution >= 0.6 is 11.6 Å². The Balaban J connectivity index is 1.48. The Labute approximate surface area is 196 Å². The van der Waals surface area contributed by atoms with Crippen molar-refractivity contribution < 1.29 is 19.1 Å². The summed E-state index contributed by atoms with van der Waals surface area (Å²) in [5, 5.41) is 3.40. The monoisotopic (exact) mass is 466 g/mol. The van der Waals surface area contributed by atoms with Gasteiger partial charge < -0.3 is 19.4 Å². The molecule has 0 unspecified atom stereocenters. The number of carbonyl (C=O) groups is 2. The minimum Gasteiger partial charge on any atom is -0.486 e. The van der Waals surface area contributed by atoms with Crippen molar-refractivity contribution in [2.45, 2.75) is 25.8 Å². The normalized spacial score (nSPS) is 14.4. The maximum absolute atomic E-state index is 13.5. The van der Waals surface area contributed by atoms with Gasteiger partial charge in [0.2, 0.25) is 0 Å². The third-order valence-corrected chi connectivity index (χ3v) is 6.00. The SMILES string of the molecule is CN(C(=O)c1cccc(Cl)c1)c1nc2n(c1C(=O)Nc1ccc3c(c1)OCCO3)CCCC2. The van der Waals surface area contributed by atoms with Gasteiger partial charge in [0.15, 0.2) is 23.0 Å². The summed E-state index contributed by atoms with van der Waals surface area (Å²) in [6.45, 7) is 1.63. The number of hydrogen-bond acceptors (Lipinski definition) is 5. The molecule has 8 nitrogen and oxygen atoms in total. The van der Waals surface area contributed by atoms with E-state index in [0.717, 1.165) is 25.1 Å². The van der Waals surface area contributed by atoms with Crippen molar-refractivity contribution in [3.05, 3.63) is 64.6 Å². The molecular weight excluding hydrogens is 444 g/mol. The molecule has 0 spiro atoms. The lowest BCUT2D eigenvalue weighted by molar-refractivity contribution is 0.0992. The minimum absolute atomic E-state index is 0.290. The van der Waals surface area contributed by atoms with Crippen LogP contribution in [0.1, 0.15) is 39.5 Å². The van der Waals surface area contributed by atoms with E-state index in [9.17, 15) is 9.59 Å². The van der Waals surface area contributed by atoms with Gasteiger partial charge in [-0.3, -0.25) is 14.5 Å². The highest BCUT2D eigenvalue weighted by Gasteiger charge is 2.30. The van der Waals surface area contributed by atoms with Crippen LogP contribution in [-0.2, 0) is 13.0 Å². The Morgan fingerprint density at radius 1 is 1.09 bits per heavy atom. The molecule has 170 valence electrons. The molecule has 9 heteroatoms. The molecule has 0 bridgehead atoms. The van der Waals surface area contributed by atoms with Gasteiger partial charge in [0, 0.05) is 42.4 Å². The molecule has 0 saturated carbocycles. The molecule has 2 aliphatic heterocycles. The van der Waals surface area contributed by atoms with E-state index < -0.39 is 0 Å². The zero-order chi connectivity index (χ0) is 22.9. The number of halogens is 1. The maximum atomic E-state index is 13.5. The fourth-order valence-corrected chi connectivity index (χ4v) is 4.34. The van der Waals surface area contributed by atoms with Crippen molar-refractivity contribution in [2.24, 2.45) is 0 Å². The fraction of sp³-hybridized carbons (Fsp3) is 0.292. The van der Waals surface area contributed by atoms with Gasteiger partial charge >= 0.3 is 0 Å². The maximum Gasteiger partial charge on any atom is 0.276 e. The summed E-state index contributed by atoms with van der Waals surface area (Å²) in [5.74, 6) is 1.73. The Morgan fingerprint density at radius 3 is 2.73 bits per heavy atom. The number of fused-ring (bicyclic) bond motifs is 2. The molecule has 5 rings (SSSR count). The zero-order valence-electron chi connectivity index (χ0n) is 18.1. The van der Waals surface area contributed by atoms with Crippen LogP contribution < -0.4 is 19.7 Å². The molecule has 1 N–H and O–H groups in total. The van der Waals surface area contributed by atoms with Crippen LogP contribution in [0.3, 0.4) is 0 Å². The number of aryl methyl sites for hydroxylation is 1. The van der Waals surface area contributed by atoms with Crippen LogP contribution in [0.2, 0.25) is 5.02 Å². The van der Waals surface area contributed by atoms with E-state index in [4.69, 9.17) is 21.1 Å². The summed E-state index contributed by atoms with van der Waals surface area (Å²) in [6.07, 6.45) is 2.69. The number of amides is 2. The Kier molecular flexibility index (Phi) is 5.68. The number of nitrogens with zero attached hydrogens (tertiary/aromatic N) is 3. The highest BCUT2D eigenvalue weighted by molar-refractivity contribution is 6.31. The number of anilines is 2. The first-order valence-electron chi connectivity index (χ1n) is 10.9.